The van der Waals surface area contributed by atoms with Gasteiger partial charge in [0.05, 0.1) is 6.20 Å². The van der Waals surface area contributed by atoms with Gasteiger partial charge in [0, 0.05) is 25.0 Å². The van der Waals surface area contributed by atoms with Crippen LogP contribution < -0.4 is 5.73 Å². The highest BCUT2D eigenvalue weighted by atomic mass is 16.3. The fourth-order valence-electron chi connectivity index (χ4n) is 1.66. The van der Waals surface area contributed by atoms with Crippen LogP contribution in [0.3, 0.4) is 0 Å². The Morgan fingerprint density at radius 2 is 2.35 bits per heavy atom. The number of fused-ring (bicyclic) bond motifs is 1. The molecule has 0 aliphatic heterocycles. The molecule has 17 heavy (non-hydrogen) atoms. The molecule has 1 unspecified atom stereocenters. The van der Waals surface area contributed by atoms with E-state index < -0.39 is 6.04 Å². The molecule has 0 saturated heterocycles. The van der Waals surface area contributed by atoms with Crippen LogP contribution in [-0.2, 0) is 7.05 Å². The van der Waals surface area contributed by atoms with Gasteiger partial charge in [0.25, 0.3) is 0 Å². The van der Waals surface area contributed by atoms with Crippen molar-refractivity contribution < 1.29 is 4.42 Å². The van der Waals surface area contributed by atoms with Gasteiger partial charge in [-0.25, -0.2) is 4.98 Å². The second kappa shape index (κ2) is 3.67. The number of pyridine rings is 1. The Morgan fingerprint density at radius 1 is 1.47 bits per heavy atom. The molecule has 3 rings (SSSR count). The van der Waals surface area contributed by atoms with Crippen molar-refractivity contribution in [1.82, 2.24) is 19.7 Å². The van der Waals surface area contributed by atoms with Gasteiger partial charge in [-0.3, -0.25) is 4.68 Å². The van der Waals surface area contributed by atoms with E-state index in [1.165, 1.54) is 0 Å². The second-order valence-electron chi connectivity index (χ2n) is 3.80. The maximum absolute atomic E-state index is 6.06. The number of nitrogens with two attached hydrogens (primary N) is 1. The van der Waals surface area contributed by atoms with Gasteiger partial charge in [-0.2, -0.15) is 10.1 Å². The zero-order valence-corrected chi connectivity index (χ0v) is 9.24. The van der Waals surface area contributed by atoms with Crippen molar-refractivity contribution in [3.63, 3.8) is 0 Å². The molecule has 0 aromatic carbocycles. The Morgan fingerprint density at radius 3 is 3.06 bits per heavy atom. The molecule has 0 radical (unpaired) electrons. The molecule has 0 aliphatic carbocycles. The minimum Gasteiger partial charge on any atom is -0.437 e. The first kappa shape index (κ1) is 9.98. The van der Waals surface area contributed by atoms with Crippen LogP contribution in [-0.4, -0.2) is 19.7 Å². The Labute approximate surface area is 97.1 Å². The van der Waals surface area contributed by atoms with Crippen LogP contribution in [0.2, 0.25) is 0 Å². The maximum atomic E-state index is 6.06. The number of aromatic nitrogens is 4. The van der Waals surface area contributed by atoms with E-state index in [-0.39, 0.29) is 0 Å². The van der Waals surface area contributed by atoms with E-state index in [4.69, 9.17) is 10.2 Å². The third-order valence-corrected chi connectivity index (χ3v) is 2.53. The van der Waals surface area contributed by atoms with Gasteiger partial charge in [-0.15, -0.1) is 0 Å². The number of hydrogen-bond donors (Lipinski definition) is 1. The van der Waals surface area contributed by atoms with E-state index in [1.54, 1.807) is 23.1 Å². The predicted octanol–water partition coefficient (Wildman–Crippen LogP) is 1.00. The highest BCUT2D eigenvalue weighted by Gasteiger charge is 2.17. The van der Waals surface area contributed by atoms with Crippen LogP contribution in [0, 0.1) is 0 Å². The first-order chi connectivity index (χ1) is 8.24. The van der Waals surface area contributed by atoms with Crippen molar-refractivity contribution >= 4 is 11.2 Å². The monoisotopic (exact) mass is 229 g/mol. The van der Waals surface area contributed by atoms with Crippen LogP contribution in [0.25, 0.3) is 11.2 Å². The summed E-state index contributed by atoms with van der Waals surface area (Å²) in [5.41, 5.74) is 8.13. The van der Waals surface area contributed by atoms with Crippen molar-refractivity contribution in [3.05, 3.63) is 42.2 Å². The van der Waals surface area contributed by atoms with E-state index >= 15 is 0 Å². The minimum absolute atomic E-state index is 0.419. The lowest BCUT2D eigenvalue weighted by Crippen LogP contribution is -2.11. The van der Waals surface area contributed by atoms with Gasteiger partial charge in [-0.1, -0.05) is 0 Å². The first-order valence-corrected chi connectivity index (χ1v) is 5.19. The summed E-state index contributed by atoms with van der Waals surface area (Å²) in [6.45, 7) is 0. The van der Waals surface area contributed by atoms with E-state index in [0.29, 0.717) is 17.1 Å². The summed E-state index contributed by atoms with van der Waals surface area (Å²) in [7, 11) is 1.84. The van der Waals surface area contributed by atoms with Crippen LogP contribution in [0.15, 0.2) is 35.1 Å². The summed E-state index contributed by atoms with van der Waals surface area (Å²) in [4.78, 5) is 8.36. The summed E-state index contributed by atoms with van der Waals surface area (Å²) in [6, 6.07) is 3.19. The molecule has 0 fully saturated rings. The summed E-state index contributed by atoms with van der Waals surface area (Å²) in [5.74, 6) is 0.451. The smallest absolute Gasteiger partial charge is 0.218 e. The van der Waals surface area contributed by atoms with Gasteiger partial charge in [0.15, 0.2) is 11.2 Å². The van der Waals surface area contributed by atoms with Gasteiger partial charge < -0.3 is 10.2 Å². The quantitative estimate of drug-likeness (QED) is 0.708. The van der Waals surface area contributed by atoms with Crippen molar-refractivity contribution in [2.45, 2.75) is 6.04 Å². The van der Waals surface area contributed by atoms with E-state index in [9.17, 15) is 0 Å². The molecule has 0 amide bonds. The molecule has 6 heteroatoms. The Bertz CT molecular complexity index is 623. The summed E-state index contributed by atoms with van der Waals surface area (Å²) >= 11 is 0. The van der Waals surface area contributed by atoms with Crippen LogP contribution in [0.5, 0.6) is 0 Å². The lowest BCUT2D eigenvalue weighted by atomic mass is 10.2. The summed E-state index contributed by atoms with van der Waals surface area (Å²) < 4.78 is 7.25. The molecule has 0 bridgehead atoms. The Kier molecular flexibility index (Phi) is 2.15. The van der Waals surface area contributed by atoms with Crippen LogP contribution in [0.4, 0.5) is 0 Å². The molecule has 0 aliphatic rings. The molecule has 3 aromatic rings. The average Bonchev–Trinajstić information content (AvgIpc) is 2.93. The standard InChI is InChI=1S/C11H11N5O/c1-16-6-7(5-14-16)9(12)11-15-10-8(17-11)3-2-4-13-10/h2-6,9H,12H2,1H3. The normalized spacial score (nSPS) is 13.1. The average molecular weight is 229 g/mol. The van der Waals surface area contributed by atoms with E-state index in [0.717, 1.165) is 5.56 Å². The number of hydrogen-bond acceptors (Lipinski definition) is 5. The number of aryl methyl sites for hydroxylation is 1. The zero-order valence-electron chi connectivity index (χ0n) is 9.24. The van der Waals surface area contributed by atoms with Gasteiger partial charge in [-0.05, 0) is 12.1 Å². The number of oxazole rings is 1. The van der Waals surface area contributed by atoms with Gasteiger partial charge in [0.1, 0.15) is 6.04 Å². The molecule has 86 valence electrons. The minimum atomic E-state index is -0.419. The molecule has 6 nitrogen and oxygen atoms in total. The lowest BCUT2D eigenvalue weighted by Gasteiger charge is -2.02. The topological polar surface area (TPSA) is 82.8 Å². The van der Waals surface area contributed by atoms with Gasteiger partial charge in [0.2, 0.25) is 5.89 Å². The third kappa shape index (κ3) is 1.68. The van der Waals surface area contributed by atoms with Crippen molar-refractivity contribution in [1.29, 1.82) is 0 Å². The Balaban J connectivity index is 2.03. The first-order valence-electron chi connectivity index (χ1n) is 5.19. The van der Waals surface area contributed by atoms with Crippen LogP contribution >= 0.6 is 0 Å². The highest BCUT2D eigenvalue weighted by molar-refractivity contribution is 5.67. The molecule has 0 spiro atoms. The SMILES string of the molecule is Cn1cc(C(N)c2nc3ncccc3o2)cn1. The van der Waals surface area contributed by atoms with Crippen molar-refractivity contribution in [2.24, 2.45) is 12.8 Å². The summed E-state index contributed by atoms with van der Waals surface area (Å²) in [5, 5.41) is 4.07. The van der Waals surface area contributed by atoms with E-state index in [1.807, 2.05) is 19.3 Å². The molecule has 0 saturated carbocycles. The van der Waals surface area contributed by atoms with Crippen molar-refractivity contribution in [2.75, 3.05) is 0 Å². The van der Waals surface area contributed by atoms with E-state index in [2.05, 4.69) is 15.1 Å². The van der Waals surface area contributed by atoms with Crippen molar-refractivity contribution in [3.8, 4) is 0 Å². The fourth-order valence-corrected chi connectivity index (χ4v) is 1.66. The molecule has 3 heterocycles. The van der Waals surface area contributed by atoms with Gasteiger partial charge >= 0.3 is 0 Å². The fraction of sp³-hybridized carbons (Fsp3) is 0.182. The number of nitrogens with zero attached hydrogens (tertiary/aromatic N) is 4. The molecule has 2 N–H and O–H groups in total. The third-order valence-electron chi connectivity index (χ3n) is 2.53. The molecular formula is C11H11N5O. The molecular weight excluding hydrogens is 218 g/mol. The number of rotatable bonds is 2. The predicted molar refractivity (Wildman–Crippen MR) is 61.0 cm³/mol. The Hall–Kier alpha value is -2.21. The molecule has 1 atom stereocenters. The molecule has 3 aromatic heterocycles. The zero-order chi connectivity index (χ0) is 11.8. The highest BCUT2D eigenvalue weighted by Crippen LogP contribution is 2.21. The largest absolute Gasteiger partial charge is 0.437 e. The summed E-state index contributed by atoms with van der Waals surface area (Å²) in [6.07, 6.45) is 5.21. The second-order valence-corrected chi connectivity index (χ2v) is 3.80. The lowest BCUT2D eigenvalue weighted by molar-refractivity contribution is 0.505. The van der Waals surface area contributed by atoms with Crippen LogP contribution in [0.1, 0.15) is 17.5 Å². The maximum Gasteiger partial charge on any atom is 0.218 e.